The first-order chi connectivity index (χ1) is 10.1. The lowest BCUT2D eigenvalue weighted by Gasteiger charge is -2.20. The number of hydrogen-bond donors (Lipinski definition) is 2. The number of rotatable bonds is 3. The van der Waals surface area contributed by atoms with Crippen molar-refractivity contribution in [1.82, 2.24) is 5.32 Å². The number of hydrogen-bond acceptors (Lipinski definition) is 5. The summed E-state index contributed by atoms with van der Waals surface area (Å²) < 4.78 is 2.02. The van der Waals surface area contributed by atoms with Gasteiger partial charge in [0.05, 0.1) is 5.69 Å². The number of benzene rings is 1. The zero-order valence-corrected chi connectivity index (χ0v) is 15.3. The van der Waals surface area contributed by atoms with E-state index >= 15 is 0 Å². The maximum absolute atomic E-state index is 12.4. The molecule has 0 aliphatic carbocycles. The summed E-state index contributed by atoms with van der Waals surface area (Å²) in [5, 5.41) is 4.49. The summed E-state index contributed by atoms with van der Waals surface area (Å²) in [6.07, 6.45) is 0. The van der Waals surface area contributed by atoms with Crippen molar-refractivity contribution in [2.24, 2.45) is 0 Å². The van der Waals surface area contributed by atoms with Gasteiger partial charge in [-0.1, -0.05) is 15.9 Å². The van der Waals surface area contributed by atoms with Gasteiger partial charge in [0.15, 0.2) is 0 Å². The summed E-state index contributed by atoms with van der Waals surface area (Å²) in [7, 11) is 0. The first-order valence-electron chi connectivity index (χ1n) is 6.60. The Balaban J connectivity index is 1.73. The molecular weight excluding hydrogens is 388 g/mol. The molecule has 1 atom stereocenters. The molecule has 0 radical (unpaired) electrons. The zero-order valence-electron chi connectivity index (χ0n) is 11.2. The van der Waals surface area contributed by atoms with Crippen LogP contribution in [-0.2, 0) is 0 Å². The van der Waals surface area contributed by atoms with E-state index in [4.69, 9.17) is 5.73 Å². The fourth-order valence-corrected chi connectivity index (χ4v) is 6.19. The van der Waals surface area contributed by atoms with Gasteiger partial charge in [-0.15, -0.1) is 11.3 Å². The zero-order chi connectivity index (χ0) is 14.8. The van der Waals surface area contributed by atoms with Crippen LogP contribution in [0, 0.1) is 0 Å². The van der Waals surface area contributed by atoms with Crippen molar-refractivity contribution >= 4 is 72.5 Å². The van der Waals surface area contributed by atoms with E-state index in [1.807, 2.05) is 41.7 Å². The number of anilines is 1. The minimum absolute atomic E-state index is 0.0546. The molecule has 1 aromatic heterocycles. The Hall–Kier alpha value is -0.370. The summed E-state index contributed by atoms with van der Waals surface area (Å²) in [4.78, 5) is 13.0. The molecule has 1 aromatic carbocycles. The van der Waals surface area contributed by atoms with E-state index in [0.717, 1.165) is 20.3 Å². The summed E-state index contributed by atoms with van der Waals surface area (Å²) in [5.41, 5.74) is 6.72. The molecule has 1 fully saturated rings. The normalized spacial score (nSPS) is 18.8. The third kappa shape index (κ3) is 3.52. The molecule has 3 rings (SSSR count). The van der Waals surface area contributed by atoms with Gasteiger partial charge in [0.25, 0.3) is 5.91 Å². The van der Waals surface area contributed by atoms with Crippen molar-refractivity contribution in [2.75, 3.05) is 29.5 Å². The van der Waals surface area contributed by atoms with E-state index in [0.29, 0.717) is 22.4 Å². The Kier molecular flexibility index (Phi) is 5.03. The van der Waals surface area contributed by atoms with E-state index in [1.165, 1.54) is 22.8 Å². The Bertz CT molecular complexity index is 668. The highest BCUT2D eigenvalue weighted by Crippen LogP contribution is 2.35. The highest BCUT2D eigenvalue weighted by Gasteiger charge is 2.19. The minimum Gasteiger partial charge on any atom is -0.397 e. The van der Waals surface area contributed by atoms with Crippen LogP contribution in [0.3, 0.4) is 0 Å². The lowest BCUT2D eigenvalue weighted by atomic mass is 10.2. The molecule has 3 nitrogen and oxygen atoms in total. The number of nitrogen functional groups attached to an aromatic ring is 1. The molecule has 0 bridgehead atoms. The van der Waals surface area contributed by atoms with Crippen LogP contribution in [0.25, 0.3) is 10.1 Å². The smallest absolute Gasteiger partial charge is 0.263 e. The number of nitrogens with one attached hydrogen (secondary N) is 1. The van der Waals surface area contributed by atoms with Crippen LogP contribution in [0.15, 0.2) is 22.7 Å². The molecule has 1 unspecified atom stereocenters. The third-order valence-electron chi connectivity index (χ3n) is 3.27. The van der Waals surface area contributed by atoms with Gasteiger partial charge in [-0.3, -0.25) is 4.79 Å². The van der Waals surface area contributed by atoms with Crippen LogP contribution < -0.4 is 11.1 Å². The van der Waals surface area contributed by atoms with Crippen LogP contribution in [0.5, 0.6) is 0 Å². The Morgan fingerprint density at radius 3 is 3.05 bits per heavy atom. The summed E-state index contributed by atoms with van der Waals surface area (Å²) >= 11 is 8.80. The Morgan fingerprint density at radius 2 is 2.29 bits per heavy atom. The van der Waals surface area contributed by atoms with Gasteiger partial charge in [-0.05, 0) is 18.2 Å². The lowest BCUT2D eigenvalue weighted by molar-refractivity contribution is 0.0959. The Labute approximate surface area is 144 Å². The minimum atomic E-state index is -0.0546. The van der Waals surface area contributed by atoms with Crippen molar-refractivity contribution in [2.45, 2.75) is 5.25 Å². The number of nitrogens with two attached hydrogens (primary N) is 1. The molecule has 1 aliphatic rings. The van der Waals surface area contributed by atoms with Gasteiger partial charge < -0.3 is 11.1 Å². The van der Waals surface area contributed by atoms with Crippen LogP contribution in [0.1, 0.15) is 9.67 Å². The van der Waals surface area contributed by atoms with Crippen molar-refractivity contribution in [3.63, 3.8) is 0 Å². The van der Waals surface area contributed by atoms with Crippen LogP contribution in [0.4, 0.5) is 5.69 Å². The number of thiophene rings is 1. The number of amides is 1. The van der Waals surface area contributed by atoms with E-state index in [2.05, 4.69) is 21.2 Å². The molecule has 0 spiro atoms. The quantitative estimate of drug-likeness (QED) is 0.818. The molecule has 21 heavy (non-hydrogen) atoms. The fraction of sp³-hybridized carbons (Fsp3) is 0.357. The lowest BCUT2D eigenvalue weighted by Crippen LogP contribution is -2.33. The van der Waals surface area contributed by atoms with E-state index in [1.54, 1.807) is 0 Å². The fourth-order valence-electron chi connectivity index (χ4n) is 2.20. The monoisotopic (exact) mass is 402 g/mol. The predicted octanol–water partition coefficient (Wildman–Crippen LogP) is 3.82. The average molecular weight is 403 g/mol. The molecular formula is C14H15BrN2OS3. The molecule has 112 valence electrons. The molecule has 3 N–H and O–H groups in total. The second kappa shape index (κ2) is 6.81. The molecule has 7 heteroatoms. The van der Waals surface area contributed by atoms with Gasteiger partial charge in [0.1, 0.15) is 4.88 Å². The SMILES string of the molecule is Nc1c(C(=O)NCC2CSCCS2)sc2ccc(Br)cc12. The second-order valence-corrected chi connectivity index (χ2v) is 9.29. The van der Waals surface area contributed by atoms with E-state index in [9.17, 15) is 4.79 Å². The topological polar surface area (TPSA) is 55.1 Å². The van der Waals surface area contributed by atoms with Gasteiger partial charge in [0, 0.05) is 43.6 Å². The molecule has 1 aliphatic heterocycles. The van der Waals surface area contributed by atoms with Crippen molar-refractivity contribution < 1.29 is 4.79 Å². The van der Waals surface area contributed by atoms with Crippen molar-refractivity contribution in [1.29, 1.82) is 0 Å². The number of thioether (sulfide) groups is 2. The van der Waals surface area contributed by atoms with Gasteiger partial charge in [-0.25, -0.2) is 0 Å². The maximum atomic E-state index is 12.4. The molecule has 2 heterocycles. The second-order valence-electron chi connectivity index (χ2n) is 4.76. The van der Waals surface area contributed by atoms with E-state index in [-0.39, 0.29) is 5.91 Å². The highest BCUT2D eigenvalue weighted by molar-refractivity contribution is 9.10. The summed E-state index contributed by atoms with van der Waals surface area (Å²) in [6, 6.07) is 5.92. The third-order valence-corrected chi connectivity index (χ3v) is 7.79. The Morgan fingerprint density at radius 1 is 1.43 bits per heavy atom. The largest absolute Gasteiger partial charge is 0.397 e. The maximum Gasteiger partial charge on any atom is 0.263 e. The molecule has 1 amide bonds. The molecule has 0 saturated carbocycles. The molecule has 2 aromatic rings. The first-order valence-corrected chi connectivity index (χ1v) is 10.4. The summed E-state index contributed by atoms with van der Waals surface area (Å²) in [5.74, 6) is 3.44. The van der Waals surface area contributed by atoms with E-state index < -0.39 is 0 Å². The average Bonchev–Trinajstić information content (AvgIpc) is 2.83. The van der Waals surface area contributed by atoms with Crippen molar-refractivity contribution in [3.8, 4) is 0 Å². The highest BCUT2D eigenvalue weighted by atomic mass is 79.9. The van der Waals surface area contributed by atoms with Crippen molar-refractivity contribution in [3.05, 3.63) is 27.5 Å². The number of halogens is 1. The standard InChI is InChI=1S/C14H15BrN2OS3/c15-8-1-2-11-10(5-8)12(16)13(21-11)14(18)17-6-9-7-19-3-4-20-9/h1-2,5,9H,3-4,6-7,16H2,(H,17,18). The van der Waals surface area contributed by atoms with Gasteiger partial charge in [0.2, 0.25) is 0 Å². The van der Waals surface area contributed by atoms with Crippen LogP contribution in [-0.4, -0.2) is 35.0 Å². The number of fused-ring (bicyclic) bond motifs is 1. The van der Waals surface area contributed by atoms with Crippen LogP contribution >= 0.6 is 50.8 Å². The number of carbonyl (C=O) groups excluding carboxylic acids is 1. The molecule has 1 saturated heterocycles. The predicted molar refractivity (Wildman–Crippen MR) is 99.8 cm³/mol. The van der Waals surface area contributed by atoms with Gasteiger partial charge in [-0.2, -0.15) is 23.5 Å². The summed E-state index contributed by atoms with van der Waals surface area (Å²) in [6.45, 7) is 0.716. The first kappa shape index (κ1) is 15.5. The van der Waals surface area contributed by atoms with Gasteiger partial charge >= 0.3 is 0 Å². The number of carbonyl (C=O) groups is 1. The van der Waals surface area contributed by atoms with Crippen LogP contribution in [0.2, 0.25) is 0 Å².